The zero-order valence-electron chi connectivity index (χ0n) is 11.0. The maximum absolute atomic E-state index is 12.0. The van der Waals surface area contributed by atoms with Crippen LogP contribution in [0.2, 0.25) is 0 Å². The molecule has 2 rings (SSSR count). The molecule has 0 aliphatic carbocycles. The summed E-state index contributed by atoms with van der Waals surface area (Å²) in [6, 6.07) is 6.84. The molecule has 7 heteroatoms. The van der Waals surface area contributed by atoms with Crippen molar-refractivity contribution in [2.75, 3.05) is 12.4 Å². The number of amides is 1. The van der Waals surface area contributed by atoms with Crippen molar-refractivity contribution in [2.24, 2.45) is 0 Å². The molecule has 1 heterocycles. The fourth-order valence-electron chi connectivity index (χ4n) is 1.62. The van der Waals surface area contributed by atoms with Gasteiger partial charge in [-0.1, -0.05) is 0 Å². The lowest BCUT2D eigenvalue weighted by molar-refractivity contribution is 0.0693. The van der Waals surface area contributed by atoms with E-state index in [0.29, 0.717) is 11.4 Å². The molecule has 0 unspecified atom stereocenters. The monoisotopic (exact) mass is 288 g/mol. The van der Waals surface area contributed by atoms with Crippen LogP contribution >= 0.6 is 0 Å². The molecule has 7 nitrogen and oxygen atoms in total. The van der Waals surface area contributed by atoms with Gasteiger partial charge in [0.2, 0.25) is 5.88 Å². The Kier molecular flexibility index (Phi) is 4.03. The lowest BCUT2D eigenvalue weighted by Crippen LogP contribution is -2.12. The molecule has 21 heavy (non-hydrogen) atoms. The number of carboxylic acid groups (broad SMARTS) is 1. The van der Waals surface area contributed by atoms with E-state index in [4.69, 9.17) is 9.84 Å². The van der Waals surface area contributed by atoms with Gasteiger partial charge < -0.3 is 20.3 Å². The number of benzene rings is 1. The number of pyridine rings is 1. The Hall–Kier alpha value is -3.09. The van der Waals surface area contributed by atoms with E-state index in [1.165, 1.54) is 43.6 Å². The van der Waals surface area contributed by atoms with Gasteiger partial charge >= 0.3 is 5.97 Å². The van der Waals surface area contributed by atoms with Gasteiger partial charge in [-0.3, -0.25) is 4.79 Å². The van der Waals surface area contributed by atoms with Crippen LogP contribution in [0, 0.1) is 0 Å². The van der Waals surface area contributed by atoms with E-state index in [-0.39, 0.29) is 17.0 Å². The summed E-state index contributed by atoms with van der Waals surface area (Å²) < 4.78 is 4.89. The number of phenols is 1. The molecular weight excluding hydrogens is 276 g/mol. The first-order chi connectivity index (χ1) is 10.0. The Morgan fingerprint density at radius 2 is 2.00 bits per heavy atom. The number of aromatic carboxylic acids is 1. The first-order valence-corrected chi connectivity index (χ1v) is 5.89. The standard InChI is InChI=1S/C14H12N2O5/c1-21-12-5-2-8(7-15-12)13(18)16-9-3-4-11(17)10(6-9)14(19)20/h2-7,17H,1H3,(H,16,18)(H,19,20). The number of aromatic nitrogens is 1. The van der Waals surface area contributed by atoms with E-state index < -0.39 is 11.9 Å². The number of ether oxygens (including phenoxy) is 1. The summed E-state index contributed by atoms with van der Waals surface area (Å²) in [7, 11) is 1.46. The number of carboxylic acids is 1. The summed E-state index contributed by atoms with van der Waals surface area (Å²) in [5, 5.41) is 20.8. The van der Waals surface area contributed by atoms with Crippen LogP contribution in [0.4, 0.5) is 5.69 Å². The van der Waals surface area contributed by atoms with Crippen LogP contribution < -0.4 is 10.1 Å². The van der Waals surface area contributed by atoms with E-state index in [2.05, 4.69) is 10.3 Å². The van der Waals surface area contributed by atoms with Gasteiger partial charge in [0.15, 0.2) is 0 Å². The first kappa shape index (κ1) is 14.3. The molecule has 0 aliphatic rings. The summed E-state index contributed by atoms with van der Waals surface area (Å²) in [6.45, 7) is 0. The second-order valence-electron chi connectivity index (χ2n) is 4.08. The van der Waals surface area contributed by atoms with Gasteiger partial charge in [0, 0.05) is 18.0 Å². The van der Waals surface area contributed by atoms with Crippen molar-refractivity contribution in [3.63, 3.8) is 0 Å². The first-order valence-electron chi connectivity index (χ1n) is 5.89. The molecule has 0 radical (unpaired) electrons. The molecule has 0 fully saturated rings. The Bertz CT molecular complexity index is 682. The van der Waals surface area contributed by atoms with E-state index in [1.54, 1.807) is 0 Å². The van der Waals surface area contributed by atoms with E-state index >= 15 is 0 Å². The largest absolute Gasteiger partial charge is 0.507 e. The highest BCUT2D eigenvalue weighted by Crippen LogP contribution is 2.22. The number of hydrogen-bond donors (Lipinski definition) is 3. The van der Waals surface area contributed by atoms with Crippen molar-refractivity contribution in [3.05, 3.63) is 47.7 Å². The predicted molar refractivity (Wildman–Crippen MR) is 73.8 cm³/mol. The third-order valence-corrected chi connectivity index (χ3v) is 2.69. The molecule has 1 amide bonds. The fraction of sp³-hybridized carbons (Fsp3) is 0.0714. The molecule has 3 N–H and O–H groups in total. The molecule has 0 saturated carbocycles. The van der Waals surface area contributed by atoms with Crippen LogP contribution in [0.15, 0.2) is 36.5 Å². The lowest BCUT2D eigenvalue weighted by Gasteiger charge is -2.07. The van der Waals surface area contributed by atoms with Crippen molar-refractivity contribution in [2.45, 2.75) is 0 Å². The maximum Gasteiger partial charge on any atom is 0.339 e. The summed E-state index contributed by atoms with van der Waals surface area (Å²) in [6.07, 6.45) is 1.34. The van der Waals surface area contributed by atoms with Crippen molar-refractivity contribution < 1.29 is 24.5 Å². The second-order valence-corrected chi connectivity index (χ2v) is 4.08. The van der Waals surface area contributed by atoms with Gasteiger partial charge in [0.25, 0.3) is 5.91 Å². The summed E-state index contributed by atoms with van der Waals surface area (Å²) >= 11 is 0. The summed E-state index contributed by atoms with van der Waals surface area (Å²) in [5.74, 6) is -1.72. The average Bonchev–Trinajstić information content (AvgIpc) is 2.49. The highest BCUT2D eigenvalue weighted by Gasteiger charge is 2.12. The Morgan fingerprint density at radius 3 is 2.57 bits per heavy atom. The summed E-state index contributed by atoms with van der Waals surface area (Å²) in [4.78, 5) is 26.8. The van der Waals surface area contributed by atoms with Gasteiger partial charge in [0.1, 0.15) is 11.3 Å². The van der Waals surface area contributed by atoms with Crippen molar-refractivity contribution >= 4 is 17.6 Å². The van der Waals surface area contributed by atoms with Crippen molar-refractivity contribution in [1.29, 1.82) is 0 Å². The topological polar surface area (TPSA) is 109 Å². The third kappa shape index (κ3) is 3.27. The highest BCUT2D eigenvalue weighted by atomic mass is 16.5. The fourth-order valence-corrected chi connectivity index (χ4v) is 1.62. The molecule has 0 spiro atoms. The number of hydrogen-bond acceptors (Lipinski definition) is 5. The number of nitrogens with zero attached hydrogens (tertiary/aromatic N) is 1. The molecule has 2 aromatic rings. The highest BCUT2D eigenvalue weighted by molar-refractivity contribution is 6.04. The van der Waals surface area contributed by atoms with Gasteiger partial charge in [-0.25, -0.2) is 9.78 Å². The van der Waals surface area contributed by atoms with Crippen molar-refractivity contribution in [1.82, 2.24) is 4.98 Å². The molecule has 1 aromatic carbocycles. The minimum absolute atomic E-state index is 0.256. The molecule has 1 aromatic heterocycles. The lowest BCUT2D eigenvalue weighted by atomic mass is 10.1. The Balaban J connectivity index is 2.19. The average molecular weight is 288 g/mol. The number of aromatic hydroxyl groups is 1. The molecule has 0 saturated heterocycles. The number of anilines is 1. The van der Waals surface area contributed by atoms with E-state index in [1.807, 2.05) is 0 Å². The second kappa shape index (κ2) is 5.91. The number of carbonyl (C=O) groups is 2. The Labute approximate surface area is 119 Å². The van der Waals surface area contributed by atoms with Crippen LogP contribution in [0.3, 0.4) is 0 Å². The SMILES string of the molecule is COc1ccc(C(=O)Nc2ccc(O)c(C(=O)O)c2)cn1. The zero-order valence-corrected chi connectivity index (χ0v) is 11.0. The van der Waals surface area contributed by atoms with Gasteiger partial charge in [-0.2, -0.15) is 0 Å². The minimum atomic E-state index is -1.28. The van der Waals surface area contributed by atoms with Crippen LogP contribution in [-0.2, 0) is 0 Å². The van der Waals surface area contributed by atoms with Gasteiger partial charge in [-0.05, 0) is 24.3 Å². The predicted octanol–water partition coefficient (Wildman–Crippen LogP) is 1.75. The van der Waals surface area contributed by atoms with Crippen LogP contribution in [0.1, 0.15) is 20.7 Å². The number of rotatable bonds is 4. The molecule has 0 atom stereocenters. The van der Waals surface area contributed by atoms with Gasteiger partial charge in [-0.15, -0.1) is 0 Å². The van der Waals surface area contributed by atoms with Crippen LogP contribution in [-0.4, -0.2) is 34.2 Å². The van der Waals surface area contributed by atoms with Crippen LogP contribution in [0.5, 0.6) is 11.6 Å². The summed E-state index contributed by atoms with van der Waals surface area (Å²) in [5.41, 5.74) is 0.257. The zero-order chi connectivity index (χ0) is 15.4. The maximum atomic E-state index is 12.0. The van der Waals surface area contributed by atoms with Crippen LogP contribution in [0.25, 0.3) is 0 Å². The quantitative estimate of drug-likeness (QED) is 0.739. The number of nitrogens with one attached hydrogen (secondary N) is 1. The molecular formula is C14H12N2O5. The minimum Gasteiger partial charge on any atom is -0.507 e. The van der Waals surface area contributed by atoms with E-state index in [0.717, 1.165) is 0 Å². The third-order valence-electron chi connectivity index (χ3n) is 2.69. The molecule has 0 bridgehead atoms. The Morgan fingerprint density at radius 1 is 1.24 bits per heavy atom. The van der Waals surface area contributed by atoms with E-state index in [9.17, 15) is 14.7 Å². The molecule has 108 valence electrons. The number of methoxy groups -OCH3 is 1. The number of carbonyl (C=O) groups excluding carboxylic acids is 1. The molecule has 0 aliphatic heterocycles. The smallest absolute Gasteiger partial charge is 0.339 e. The van der Waals surface area contributed by atoms with Crippen molar-refractivity contribution in [3.8, 4) is 11.6 Å². The normalized spacial score (nSPS) is 9.95. The van der Waals surface area contributed by atoms with Gasteiger partial charge in [0.05, 0.1) is 12.7 Å².